The lowest BCUT2D eigenvalue weighted by Crippen LogP contribution is -2.32. The molecule has 17 heteroatoms. The summed E-state index contributed by atoms with van der Waals surface area (Å²) in [6.07, 6.45) is 6.78. The molecule has 0 unspecified atom stereocenters. The Morgan fingerprint density at radius 2 is 1.12 bits per heavy atom. The van der Waals surface area contributed by atoms with E-state index in [1.54, 1.807) is 58.2 Å². The van der Waals surface area contributed by atoms with Crippen LogP contribution in [0.5, 0.6) is 11.5 Å². The van der Waals surface area contributed by atoms with Crippen LogP contribution in [0.3, 0.4) is 0 Å². The van der Waals surface area contributed by atoms with Crippen LogP contribution in [0.1, 0.15) is 70.5 Å². The number of halogens is 1. The average Bonchev–Trinajstić information content (AvgIpc) is 3.80. The summed E-state index contributed by atoms with van der Waals surface area (Å²) in [6, 6.07) is 32.7. The van der Waals surface area contributed by atoms with Gasteiger partial charge in [-0.05, 0) is 163 Å². The number of aromatic nitrogens is 6. The Hall–Kier alpha value is -6.49. The maximum absolute atomic E-state index is 13.3. The Bertz CT molecular complexity index is 3300. The molecule has 0 radical (unpaired) electrons. The van der Waals surface area contributed by atoms with Crippen molar-refractivity contribution in [2.45, 2.75) is 95.6 Å². The number of nitrogens with zero attached hydrogens (tertiary/aromatic N) is 6. The summed E-state index contributed by atoms with van der Waals surface area (Å²) in [5.74, 6) is 2.50. The number of fused-ring (bicyclic) bond motifs is 4. The van der Waals surface area contributed by atoms with Crippen molar-refractivity contribution in [1.82, 2.24) is 29.5 Å². The molecule has 2 aliphatic rings. The van der Waals surface area contributed by atoms with Gasteiger partial charge in [-0.2, -0.15) is 10.2 Å². The zero-order valence-corrected chi connectivity index (χ0v) is 39.2. The Balaban J connectivity index is 0.000000161. The van der Waals surface area contributed by atoms with Crippen LogP contribution in [0.4, 0.5) is 11.6 Å². The van der Waals surface area contributed by atoms with Gasteiger partial charge in [0.05, 0.1) is 43.6 Å². The molecule has 14 nitrogen and oxygen atoms in total. The van der Waals surface area contributed by atoms with Crippen molar-refractivity contribution < 1.29 is 26.3 Å². The maximum atomic E-state index is 13.3. The smallest absolute Gasteiger partial charge is 0.263 e. The molecule has 0 saturated heterocycles. The second-order valence-corrected chi connectivity index (χ2v) is 21.5. The zero-order chi connectivity index (χ0) is 46.3. The number of sulfonamides is 1. The van der Waals surface area contributed by atoms with Gasteiger partial charge < -0.3 is 15.2 Å². The number of hydrogen-bond donors (Lipinski definition) is 2. The molecule has 2 aliphatic heterocycles. The third kappa shape index (κ3) is 10.5. The van der Waals surface area contributed by atoms with E-state index in [1.807, 2.05) is 108 Å². The van der Waals surface area contributed by atoms with E-state index < -0.39 is 19.1 Å². The number of pyridine rings is 2. The normalized spacial score (nSPS) is 14.7. The second-order valence-electron chi connectivity index (χ2n) is 17.2. The summed E-state index contributed by atoms with van der Waals surface area (Å²) in [6.45, 7) is 11.9. The predicted octanol–water partition coefficient (Wildman–Crippen LogP) is 10.3. The van der Waals surface area contributed by atoms with Gasteiger partial charge in [0.2, 0.25) is 0 Å². The minimum atomic E-state index is -3.83. The number of nitrogens with two attached hydrogens (primary N) is 1. The van der Waals surface area contributed by atoms with Gasteiger partial charge in [-0.25, -0.2) is 26.2 Å². The van der Waals surface area contributed by atoms with Gasteiger partial charge in [-0.1, -0.05) is 19.6 Å². The van der Waals surface area contributed by atoms with Gasteiger partial charge in [-0.3, -0.25) is 14.7 Å². The molecule has 0 amide bonds. The number of benzene rings is 4. The molecule has 10 rings (SSSR count). The molecule has 0 aliphatic carbocycles. The fourth-order valence-corrected chi connectivity index (χ4v) is 9.68. The van der Waals surface area contributed by atoms with E-state index in [2.05, 4.69) is 24.9 Å². The van der Waals surface area contributed by atoms with Gasteiger partial charge >= 0.3 is 0 Å². The highest BCUT2D eigenvalue weighted by Crippen LogP contribution is 2.36. The Morgan fingerprint density at radius 1 is 0.636 bits per heavy atom. The van der Waals surface area contributed by atoms with E-state index in [9.17, 15) is 16.8 Å². The van der Waals surface area contributed by atoms with E-state index in [1.165, 1.54) is 6.07 Å². The molecule has 4 aromatic carbocycles. The summed E-state index contributed by atoms with van der Waals surface area (Å²) in [7, 11) is -2.19. The lowest BCUT2D eigenvalue weighted by molar-refractivity contribution is 0.0841. The minimum absolute atomic E-state index is 0. The van der Waals surface area contributed by atoms with Crippen molar-refractivity contribution in [2.24, 2.45) is 0 Å². The van der Waals surface area contributed by atoms with E-state index >= 15 is 0 Å². The van der Waals surface area contributed by atoms with Gasteiger partial charge in [0.15, 0.2) is 0 Å². The van der Waals surface area contributed by atoms with Crippen LogP contribution in [-0.2, 0) is 31.9 Å². The van der Waals surface area contributed by atoms with Gasteiger partial charge in [-0.15, -0.1) is 0 Å². The third-order valence-electron chi connectivity index (χ3n) is 11.1. The van der Waals surface area contributed by atoms with Crippen molar-refractivity contribution in [3.63, 3.8) is 0 Å². The molecule has 0 spiro atoms. The predicted molar refractivity (Wildman–Crippen MR) is 261 cm³/mol. The third-order valence-corrected chi connectivity index (χ3v) is 13.8. The van der Waals surface area contributed by atoms with E-state index in [-0.39, 0.29) is 28.4 Å². The Labute approximate surface area is 390 Å². The van der Waals surface area contributed by atoms with Gasteiger partial charge in [0.1, 0.15) is 34.3 Å². The van der Waals surface area contributed by atoms with Crippen LogP contribution >= 0.6 is 10.7 Å². The monoisotopic (exact) mass is 948 g/mol. The van der Waals surface area contributed by atoms with Gasteiger partial charge in [0.25, 0.3) is 19.1 Å². The number of ether oxygens (including phenoxy) is 2. The highest BCUT2D eigenvalue weighted by Gasteiger charge is 2.29. The quantitative estimate of drug-likeness (QED) is 0.151. The van der Waals surface area contributed by atoms with Crippen LogP contribution in [0, 0.1) is 13.8 Å². The lowest BCUT2D eigenvalue weighted by Gasteiger charge is -2.32. The first-order chi connectivity index (χ1) is 30.7. The topological polar surface area (TPSA) is 186 Å². The molecule has 66 heavy (non-hydrogen) atoms. The number of aryl methyl sites for hydroxylation is 4. The fraction of sp³-hybridized carbons (Fsp3) is 0.265. The highest BCUT2D eigenvalue weighted by atomic mass is 35.7. The Morgan fingerprint density at radius 3 is 1.64 bits per heavy atom. The van der Waals surface area contributed by atoms with Crippen molar-refractivity contribution in [3.8, 4) is 22.9 Å². The molecular formula is C49H53ClN8O6S2. The van der Waals surface area contributed by atoms with Crippen LogP contribution in [-0.4, -0.2) is 57.6 Å². The van der Waals surface area contributed by atoms with Gasteiger partial charge in [0, 0.05) is 46.0 Å². The first kappa shape index (κ1) is 47.5. The average molecular weight is 950 g/mol. The molecule has 0 atom stereocenters. The minimum Gasteiger partial charge on any atom is -0.488 e. The number of anilines is 2. The summed E-state index contributed by atoms with van der Waals surface area (Å²) in [5, 5.41) is 10.9. The second kappa shape index (κ2) is 18.4. The number of hydrogen-bond acceptors (Lipinski definition) is 11. The van der Waals surface area contributed by atoms with E-state index in [4.69, 9.17) is 25.9 Å². The summed E-state index contributed by atoms with van der Waals surface area (Å²) < 4.78 is 66.7. The lowest BCUT2D eigenvalue weighted by atomic mass is 9.94. The van der Waals surface area contributed by atoms with Crippen LogP contribution < -0.4 is 19.9 Å². The van der Waals surface area contributed by atoms with Crippen molar-refractivity contribution in [2.75, 3.05) is 10.5 Å². The molecule has 3 N–H and O–H groups in total. The number of rotatable bonds is 6. The molecule has 6 heterocycles. The van der Waals surface area contributed by atoms with Crippen molar-refractivity contribution >= 4 is 63.2 Å². The summed E-state index contributed by atoms with van der Waals surface area (Å²) >= 11 is 0. The highest BCUT2D eigenvalue weighted by molar-refractivity contribution is 8.13. The molecule has 0 fully saturated rings. The maximum Gasteiger partial charge on any atom is 0.263 e. The van der Waals surface area contributed by atoms with Crippen molar-refractivity contribution in [3.05, 3.63) is 144 Å². The summed E-state index contributed by atoms with van der Waals surface area (Å²) in [4.78, 5) is 9.04. The SMILES string of the molecule is C.CC1(C)CCc2cc(S(=O)(=O)Cl)ccc2O1.Cc1cc(N)n(-c2cccc3ncccc23)n1.Cc1cc(NS(=O)(=O)c2ccc3c(c2)CCC(C)(C)O3)n(-c2cccc3ncccc23)n1. The number of nitrogens with one attached hydrogen (secondary N) is 1. The zero-order valence-electron chi connectivity index (χ0n) is 36.8. The largest absolute Gasteiger partial charge is 0.488 e. The van der Waals surface area contributed by atoms with E-state index in [0.29, 0.717) is 17.3 Å². The fourth-order valence-electron chi connectivity index (χ4n) is 7.80. The standard InChI is InChI=1S/C24H24N4O3S.C13H12N4.C11H13ClO3S.CH4/c1-16-14-23(28(26-16)21-8-4-7-20-19(21)6-5-13-25-20)27-32(29,30)18-9-10-22-17(15-18)11-12-24(2,3)31-22;1-9-8-13(14)17(16-9)12-6-2-5-11-10(12)4-3-7-15-11;1-11(2)6-5-8-7-9(16(12,13)14)3-4-10(8)15-11;/h4-10,13-15,27H,11-12H2,1-3H3;2-8H,14H2,1H3;3-4,7H,5-6H2,1-2H3;1H4. The molecule has 0 saturated carbocycles. The first-order valence-electron chi connectivity index (χ1n) is 20.9. The van der Waals surface area contributed by atoms with E-state index in [0.717, 1.165) is 87.2 Å². The molecule has 0 bridgehead atoms. The van der Waals surface area contributed by atoms with Crippen LogP contribution in [0.25, 0.3) is 33.2 Å². The van der Waals surface area contributed by atoms with Crippen molar-refractivity contribution in [1.29, 1.82) is 0 Å². The summed E-state index contributed by atoms with van der Waals surface area (Å²) in [5.41, 5.74) is 12.4. The molecular weight excluding hydrogens is 896 g/mol. The first-order valence-corrected chi connectivity index (χ1v) is 24.7. The molecule has 344 valence electrons. The Kier molecular flexibility index (Phi) is 13.2. The van der Waals surface area contributed by atoms with Crippen LogP contribution in [0.15, 0.2) is 131 Å². The molecule has 8 aromatic rings. The number of nitrogen functional groups attached to an aromatic ring is 1. The molecule has 4 aromatic heterocycles. The van der Waals surface area contributed by atoms with Crippen LogP contribution in [0.2, 0.25) is 0 Å².